The van der Waals surface area contributed by atoms with Crippen LogP contribution in [0.3, 0.4) is 0 Å². The maximum Gasteiger partial charge on any atom is 0.246 e. The lowest BCUT2D eigenvalue weighted by atomic mass is 9.87. The molecule has 7 nitrogen and oxygen atoms in total. The van der Waals surface area contributed by atoms with E-state index < -0.39 is 5.60 Å². The van der Waals surface area contributed by atoms with Crippen molar-refractivity contribution < 1.29 is 14.3 Å². The monoisotopic (exact) mass is 348 g/mol. The van der Waals surface area contributed by atoms with E-state index in [1.54, 1.807) is 54.0 Å². The lowest BCUT2D eigenvalue weighted by molar-refractivity contribution is -0.138. The van der Waals surface area contributed by atoms with Crippen molar-refractivity contribution in [3.05, 3.63) is 24.0 Å². The Kier molecular flexibility index (Phi) is 6.36. The Labute approximate surface area is 149 Å². The molecule has 1 saturated heterocycles. The van der Waals surface area contributed by atoms with Crippen LogP contribution in [0.15, 0.2) is 18.5 Å². The molecule has 1 atom stereocenters. The zero-order valence-corrected chi connectivity index (χ0v) is 15.6. The molecule has 2 rings (SSSR count). The topological polar surface area (TPSA) is 67.7 Å². The number of likely N-dealkylation sites (tertiary alicyclic amines) is 1. The number of ether oxygens (including phenoxy) is 1. The Balaban J connectivity index is 1.98. The van der Waals surface area contributed by atoms with E-state index in [0.29, 0.717) is 25.9 Å². The molecule has 0 spiro atoms. The fourth-order valence-electron chi connectivity index (χ4n) is 3.12. The van der Waals surface area contributed by atoms with Crippen LogP contribution in [0.25, 0.3) is 6.08 Å². The number of aromatic nitrogens is 2. The van der Waals surface area contributed by atoms with Gasteiger partial charge in [-0.25, -0.2) is 0 Å². The number of carbonyl (C=O) groups excluding carboxylic acids is 2. The number of methoxy groups -OCH3 is 1. The summed E-state index contributed by atoms with van der Waals surface area (Å²) >= 11 is 0. The van der Waals surface area contributed by atoms with Gasteiger partial charge >= 0.3 is 0 Å². The first-order valence-electron chi connectivity index (χ1n) is 8.56. The van der Waals surface area contributed by atoms with Crippen LogP contribution in [0, 0.1) is 0 Å². The lowest BCUT2D eigenvalue weighted by Crippen LogP contribution is -2.51. The molecule has 1 unspecified atom stereocenters. The summed E-state index contributed by atoms with van der Waals surface area (Å²) in [5.41, 5.74) is 0.448. The van der Waals surface area contributed by atoms with E-state index in [0.717, 1.165) is 18.4 Å². The molecule has 1 aromatic heterocycles. The van der Waals surface area contributed by atoms with Crippen molar-refractivity contribution in [1.82, 2.24) is 19.6 Å². The van der Waals surface area contributed by atoms with Crippen molar-refractivity contribution in [3.8, 4) is 0 Å². The fraction of sp³-hybridized carbons (Fsp3) is 0.611. The smallest absolute Gasteiger partial charge is 0.246 e. The van der Waals surface area contributed by atoms with E-state index in [1.807, 2.05) is 13.2 Å². The quantitative estimate of drug-likeness (QED) is 0.727. The highest BCUT2D eigenvalue weighted by Gasteiger charge is 2.37. The maximum absolute atomic E-state index is 12.5. The Bertz CT molecular complexity index is 638. The van der Waals surface area contributed by atoms with Gasteiger partial charge in [-0.1, -0.05) is 0 Å². The second kappa shape index (κ2) is 8.29. The molecule has 7 heteroatoms. The largest absolute Gasteiger partial charge is 0.376 e. The second-order valence-corrected chi connectivity index (χ2v) is 6.82. The Morgan fingerprint density at radius 1 is 1.44 bits per heavy atom. The highest BCUT2D eigenvalue weighted by molar-refractivity contribution is 5.91. The van der Waals surface area contributed by atoms with E-state index in [1.165, 1.54) is 0 Å². The Morgan fingerprint density at radius 2 is 2.20 bits per heavy atom. The summed E-state index contributed by atoms with van der Waals surface area (Å²) < 4.78 is 7.45. The first-order chi connectivity index (χ1) is 11.8. The molecule has 0 bridgehead atoms. The van der Waals surface area contributed by atoms with Gasteiger partial charge in [0, 0.05) is 65.6 Å². The van der Waals surface area contributed by atoms with Crippen molar-refractivity contribution in [2.75, 3.05) is 34.3 Å². The minimum absolute atomic E-state index is 0.0380. The Morgan fingerprint density at radius 3 is 2.80 bits per heavy atom. The number of piperidine rings is 1. The van der Waals surface area contributed by atoms with Crippen LogP contribution >= 0.6 is 0 Å². The van der Waals surface area contributed by atoms with Gasteiger partial charge in [0.25, 0.3) is 0 Å². The van der Waals surface area contributed by atoms with Crippen molar-refractivity contribution in [3.63, 3.8) is 0 Å². The third-order valence-corrected chi connectivity index (χ3v) is 4.72. The van der Waals surface area contributed by atoms with Gasteiger partial charge in [-0.3, -0.25) is 14.3 Å². The molecule has 0 aromatic carbocycles. The molecule has 1 aliphatic heterocycles. The van der Waals surface area contributed by atoms with Crippen molar-refractivity contribution in [1.29, 1.82) is 0 Å². The summed E-state index contributed by atoms with van der Waals surface area (Å²) in [5, 5.41) is 4.08. The summed E-state index contributed by atoms with van der Waals surface area (Å²) in [6, 6.07) is 0. The summed E-state index contributed by atoms with van der Waals surface area (Å²) in [6.45, 7) is 1.23. The summed E-state index contributed by atoms with van der Waals surface area (Å²) in [4.78, 5) is 27.8. The summed E-state index contributed by atoms with van der Waals surface area (Å²) in [6.07, 6.45) is 9.70. The van der Waals surface area contributed by atoms with Crippen molar-refractivity contribution >= 4 is 17.9 Å². The molecular formula is C18H28N4O3. The van der Waals surface area contributed by atoms with Gasteiger partial charge in [-0.15, -0.1) is 0 Å². The van der Waals surface area contributed by atoms with Crippen LogP contribution in [-0.4, -0.2) is 71.3 Å². The first kappa shape index (κ1) is 19.2. The average Bonchev–Trinajstić information content (AvgIpc) is 3.03. The number of hydrogen-bond acceptors (Lipinski definition) is 4. The molecule has 1 aliphatic rings. The van der Waals surface area contributed by atoms with Gasteiger partial charge in [0.2, 0.25) is 11.8 Å². The molecule has 0 radical (unpaired) electrons. The zero-order valence-electron chi connectivity index (χ0n) is 15.6. The Hall–Kier alpha value is -2.15. The van der Waals surface area contributed by atoms with Crippen LogP contribution in [-0.2, 0) is 21.4 Å². The number of carbonyl (C=O) groups is 2. The summed E-state index contributed by atoms with van der Waals surface area (Å²) in [7, 11) is 7.01. The maximum atomic E-state index is 12.5. The van der Waals surface area contributed by atoms with Crippen LogP contribution < -0.4 is 0 Å². The third-order valence-electron chi connectivity index (χ3n) is 4.72. The van der Waals surface area contributed by atoms with Crippen molar-refractivity contribution in [2.24, 2.45) is 7.05 Å². The molecule has 25 heavy (non-hydrogen) atoms. The van der Waals surface area contributed by atoms with Gasteiger partial charge in [0.1, 0.15) is 0 Å². The van der Waals surface area contributed by atoms with Crippen LogP contribution in [0.5, 0.6) is 0 Å². The van der Waals surface area contributed by atoms with Gasteiger partial charge < -0.3 is 14.5 Å². The fourth-order valence-corrected chi connectivity index (χ4v) is 3.12. The van der Waals surface area contributed by atoms with Gasteiger partial charge in [-0.2, -0.15) is 5.10 Å². The highest BCUT2D eigenvalue weighted by atomic mass is 16.5. The van der Waals surface area contributed by atoms with Crippen LogP contribution in [0.4, 0.5) is 0 Å². The minimum atomic E-state index is -0.443. The van der Waals surface area contributed by atoms with E-state index in [9.17, 15) is 9.59 Å². The molecule has 138 valence electrons. The van der Waals surface area contributed by atoms with Gasteiger partial charge in [0.05, 0.1) is 11.8 Å². The van der Waals surface area contributed by atoms with Gasteiger partial charge in [-0.05, 0) is 25.3 Å². The second-order valence-electron chi connectivity index (χ2n) is 6.82. The van der Waals surface area contributed by atoms with E-state index in [4.69, 9.17) is 4.74 Å². The van der Waals surface area contributed by atoms with E-state index in [2.05, 4.69) is 5.10 Å². The molecule has 0 aliphatic carbocycles. The molecule has 2 amide bonds. The average molecular weight is 348 g/mol. The van der Waals surface area contributed by atoms with Crippen LogP contribution in [0.2, 0.25) is 0 Å². The number of amides is 2. The number of nitrogens with zero attached hydrogens (tertiary/aromatic N) is 4. The normalized spacial score (nSPS) is 20.9. The zero-order chi connectivity index (χ0) is 18.4. The molecule has 0 N–H and O–H groups in total. The number of hydrogen-bond donors (Lipinski definition) is 0. The lowest BCUT2D eigenvalue weighted by Gasteiger charge is -2.41. The molecular weight excluding hydrogens is 320 g/mol. The predicted octanol–water partition coefficient (Wildman–Crippen LogP) is 1.31. The third kappa shape index (κ3) is 5.16. The highest BCUT2D eigenvalue weighted by Crippen LogP contribution is 2.29. The summed E-state index contributed by atoms with van der Waals surface area (Å²) in [5.74, 6) is 0.0419. The minimum Gasteiger partial charge on any atom is -0.376 e. The van der Waals surface area contributed by atoms with Crippen molar-refractivity contribution in [2.45, 2.75) is 31.3 Å². The molecule has 1 aromatic rings. The number of aryl methyl sites for hydroxylation is 1. The SMILES string of the molecule is COC1(CCC(=O)N(C)C)CCCN(C(=O)/C=C/c2cnn(C)c2)C1. The molecule has 2 heterocycles. The standard InChI is InChI=1S/C18H28N4O3/c1-20(2)16(23)8-10-18(25-4)9-5-11-22(14-18)17(24)7-6-15-12-19-21(3)13-15/h6-7,12-13H,5,8-11,14H2,1-4H3/b7-6+. The van der Waals surface area contributed by atoms with Gasteiger partial charge in [0.15, 0.2) is 0 Å². The molecule has 1 fully saturated rings. The number of rotatable bonds is 6. The molecule has 0 saturated carbocycles. The van der Waals surface area contributed by atoms with E-state index >= 15 is 0 Å². The van der Waals surface area contributed by atoms with Crippen LogP contribution in [0.1, 0.15) is 31.2 Å². The van der Waals surface area contributed by atoms with E-state index in [-0.39, 0.29) is 11.8 Å². The predicted molar refractivity (Wildman–Crippen MR) is 95.7 cm³/mol. The first-order valence-corrected chi connectivity index (χ1v) is 8.56.